The van der Waals surface area contributed by atoms with Gasteiger partial charge in [-0.15, -0.1) is 0 Å². The Morgan fingerprint density at radius 2 is 2.04 bits per heavy atom. The van der Waals surface area contributed by atoms with E-state index in [1.54, 1.807) is 18.9 Å². The third-order valence-corrected chi connectivity index (χ3v) is 4.83. The molecule has 0 radical (unpaired) electrons. The van der Waals surface area contributed by atoms with E-state index in [1.807, 2.05) is 19.3 Å². The number of hydrogen-bond acceptors (Lipinski definition) is 3. The highest BCUT2D eigenvalue weighted by atomic mass is 16.5. The van der Waals surface area contributed by atoms with Gasteiger partial charge in [-0.3, -0.25) is 9.78 Å². The number of carbonyl (C=O) groups is 1. The molecule has 0 N–H and O–H groups in total. The summed E-state index contributed by atoms with van der Waals surface area (Å²) in [6, 6.07) is 8.30. The summed E-state index contributed by atoms with van der Waals surface area (Å²) in [4.78, 5) is 17.6. The van der Waals surface area contributed by atoms with Gasteiger partial charge in [0.2, 0.25) is 5.91 Å². The summed E-state index contributed by atoms with van der Waals surface area (Å²) in [6.45, 7) is 5.34. The van der Waals surface area contributed by atoms with Crippen LogP contribution in [0.25, 0.3) is 21.8 Å². The second kappa shape index (κ2) is 7.13. The zero-order chi connectivity index (χ0) is 18.0. The molecule has 0 spiro atoms. The molecule has 0 unspecified atom stereocenters. The molecule has 0 saturated heterocycles. The van der Waals surface area contributed by atoms with Gasteiger partial charge < -0.3 is 14.2 Å². The van der Waals surface area contributed by atoms with E-state index in [2.05, 4.69) is 34.7 Å². The number of carbonyl (C=O) groups excluding carboxylic acids is 1. The van der Waals surface area contributed by atoms with Crippen molar-refractivity contribution in [1.29, 1.82) is 0 Å². The second-order valence-corrected chi connectivity index (χ2v) is 6.47. The van der Waals surface area contributed by atoms with Gasteiger partial charge in [0.15, 0.2) is 0 Å². The molecular weight excluding hydrogens is 314 g/mol. The Balaban J connectivity index is 1.95. The summed E-state index contributed by atoms with van der Waals surface area (Å²) >= 11 is 0. The quantitative estimate of drug-likeness (QED) is 0.642. The van der Waals surface area contributed by atoms with Crippen LogP contribution in [0.15, 0.2) is 30.5 Å². The van der Waals surface area contributed by atoms with Crippen molar-refractivity contribution in [3.63, 3.8) is 0 Å². The molecule has 1 amide bonds. The number of benzene rings is 1. The first-order valence-corrected chi connectivity index (χ1v) is 8.66. The molecule has 0 aliphatic rings. The van der Waals surface area contributed by atoms with Gasteiger partial charge in [0, 0.05) is 50.1 Å². The van der Waals surface area contributed by atoms with E-state index in [-0.39, 0.29) is 5.91 Å². The molecule has 0 aliphatic heterocycles. The van der Waals surface area contributed by atoms with E-state index in [0.717, 1.165) is 37.4 Å². The number of nitrogens with zero attached hydrogens (tertiary/aromatic N) is 3. The highest BCUT2D eigenvalue weighted by Gasteiger charge is 2.13. The minimum atomic E-state index is 0.113. The summed E-state index contributed by atoms with van der Waals surface area (Å²) < 4.78 is 7.75. The Labute approximate surface area is 148 Å². The Hall–Kier alpha value is -2.56. The van der Waals surface area contributed by atoms with Crippen LogP contribution in [0.5, 0.6) is 5.75 Å². The number of hydrogen-bond donors (Lipinski definition) is 0. The van der Waals surface area contributed by atoms with Crippen molar-refractivity contribution in [3.8, 4) is 5.75 Å². The maximum absolute atomic E-state index is 11.3. The molecule has 0 aliphatic carbocycles. The van der Waals surface area contributed by atoms with Crippen molar-refractivity contribution >= 4 is 27.7 Å². The van der Waals surface area contributed by atoms with E-state index in [1.165, 1.54) is 21.8 Å². The van der Waals surface area contributed by atoms with Crippen molar-refractivity contribution in [3.05, 3.63) is 36.2 Å². The smallest absolute Gasteiger partial charge is 0.219 e. The highest BCUT2D eigenvalue weighted by molar-refractivity contribution is 6.09. The van der Waals surface area contributed by atoms with E-state index in [9.17, 15) is 4.79 Å². The SMILES string of the molecule is COc1ccc2c3ccnc(C)c3n(CCCCN(C)C(C)=O)c2c1. The highest BCUT2D eigenvalue weighted by Crippen LogP contribution is 2.32. The normalized spacial score (nSPS) is 11.2. The van der Waals surface area contributed by atoms with Crippen molar-refractivity contribution in [1.82, 2.24) is 14.5 Å². The largest absolute Gasteiger partial charge is 0.497 e. The Kier molecular flexibility index (Phi) is 4.93. The Morgan fingerprint density at radius 3 is 2.76 bits per heavy atom. The average Bonchev–Trinajstić information content (AvgIpc) is 2.92. The molecule has 0 atom stereocenters. The summed E-state index contributed by atoms with van der Waals surface area (Å²) in [5.41, 5.74) is 3.39. The molecule has 5 nitrogen and oxygen atoms in total. The number of unbranched alkanes of at least 4 members (excludes halogenated alkanes) is 1. The first kappa shape index (κ1) is 17.3. The Bertz CT molecular complexity index is 914. The average molecular weight is 339 g/mol. The topological polar surface area (TPSA) is 47.4 Å². The first-order chi connectivity index (χ1) is 12.0. The zero-order valence-corrected chi connectivity index (χ0v) is 15.4. The van der Waals surface area contributed by atoms with Crippen LogP contribution in [-0.4, -0.2) is 41.1 Å². The van der Waals surface area contributed by atoms with Gasteiger partial charge >= 0.3 is 0 Å². The molecule has 2 heterocycles. The van der Waals surface area contributed by atoms with Gasteiger partial charge in [-0.05, 0) is 38.0 Å². The van der Waals surface area contributed by atoms with Gasteiger partial charge in [0.25, 0.3) is 0 Å². The van der Waals surface area contributed by atoms with Crippen molar-refractivity contribution in [2.45, 2.75) is 33.2 Å². The second-order valence-electron chi connectivity index (χ2n) is 6.47. The van der Waals surface area contributed by atoms with Crippen molar-refractivity contribution in [2.24, 2.45) is 0 Å². The molecule has 3 aromatic rings. The van der Waals surface area contributed by atoms with Crippen LogP contribution in [-0.2, 0) is 11.3 Å². The summed E-state index contributed by atoms with van der Waals surface area (Å²) in [5, 5.41) is 2.45. The van der Waals surface area contributed by atoms with Crippen LogP contribution >= 0.6 is 0 Å². The predicted molar refractivity (Wildman–Crippen MR) is 101 cm³/mol. The lowest BCUT2D eigenvalue weighted by molar-refractivity contribution is -0.127. The maximum Gasteiger partial charge on any atom is 0.219 e. The summed E-state index contributed by atoms with van der Waals surface area (Å²) in [5.74, 6) is 0.972. The number of ether oxygens (including phenoxy) is 1. The lowest BCUT2D eigenvalue weighted by atomic mass is 10.1. The fourth-order valence-corrected chi connectivity index (χ4v) is 3.34. The molecule has 25 heavy (non-hydrogen) atoms. The first-order valence-electron chi connectivity index (χ1n) is 8.66. The van der Waals surface area contributed by atoms with Gasteiger partial charge in [-0.25, -0.2) is 0 Å². The molecular formula is C20H25N3O2. The van der Waals surface area contributed by atoms with Gasteiger partial charge in [-0.2, -0.15) is 0 Å². The number of pyridine rings is 1. The number of rotatable bonds is 6. The number of aromatic nitrogens is 2. The number of amides is 1. The van der Waals surface area contributed by atoms with Gasteiger partial charge in [0.05, 0.1) is 23.8 Å². The molecule has 0 saturated carbocycles. The van der Waals surface area contributed by atoms with Gasteiger partial charge in [0.1, 0.15) is 5.75 Å². The minimum absolute atomic E-state index is 0.113. The van der Waals surface area contributed by atoms with E-state index in [4.69, 9.17) is 4.74 Å². The maximum atomic E-state index is 11.3. The van der Waals surface area contributed by atoms with Crippen molar-refractivity contribution in [2.75, 3.05) is 20.7 Å². The zero-order valence-electron chi connectivity index (χ0n) is 15.4. The van der Waals surface area contributed by atoms with E-state index in [0.29, 0.717) is 0 Å². The number of fused-ring (bicyclic) bond motifs is 3. The number of aryl methyl sites for hydroxylation is 2. The van der Waals surface area contributed by atoms with Crippen LogP contribution in [0.2, 0.25) is 0 Å². The molecule has 132 valence electrons. The fourth-order valence-electron chi connectivity index (χ4n) is 3.34. The van der Waals surface area contributed by atoms with Crippen LogP contribution in [0.3, 0.4) is 0 Å². The Morgan fingerprint density at radius 1 is 1.24 bits per heavy atom. The molecule has 0 fully saturated rings. The molecule has 1 aromatic carbocycles. The lowest BCUT2D eigenvalue weighted by Gasteiger charge is -2.15. The molecule has 3 rings (SSSR count). The monoisotopic (exact) mass is 339 g/mol. The van der Waals surface area contributed by atoms with Gasteiger partial charge in [-0.1, -0.05) is 0 Å². The molecule has 5 heteroatoms. The standard InChI is InChI=1S/C20H25N3O2/c1-14-20-18(9-10-21-14)17-8-7-16(25-4)13-19(17)23(20)12-6-5-11-22(3)15(2)24/h7-10,13H,5-6,11-12H2,1-4H3. The van der Waals surface area contributed by atoms with E-state index >= 15 is 0 Å². The predicted octanol–water partition coefficient (Wildman–Crippen LogP) is 3.77. The third-order valence-electron chi connectivity index (χ3n) is 4.83. The fraction of sp³-hybridized carbons (Fsp3) is 0.400. The lowest BCUT2D eigenvalue weighted by Crippen LogP contribution is -2.24. The summed E-state index contributed by atoms with van der Waals surface area (Å²) in [7, 11) is 3.54. The van der Waals surface area contributed by atoms with Crippen LogP contribution in [0, 0.1) is 6.92 Å². The molecule has 0 bridgehead atoms. The van der Waals surface area contributed by atoms with Crippen molar-refractivity contribution < 1.29 is 9.53 Å². The van der Waals surface area contributed by atoms with Crippen LogP contribution < -0.4 is 4.74 Å². The third kappa shape index (κ3) is 3.31. The van der Waals surface area contributed by atoms with E-state index < -0.39 is 0 Å². The minimum Gasteiger partial charge on any atom is -0.497 e. The van der Waals surface area contributed by atoms with Crippen LogP contribution in [0.1, 0.15) is 25.5 Å². The number of methoxy groups -OCH3 is 1. The molecule has 2 aromatic heterocycles. The van der Waals surface area contributed by atoms with Crippen LogP contribution in [0.4, 0.5) is 0 Å². The summed E-state index contributed by atoms with van der Waals surface area (Å²) in [6.07, 6.45) is 3.84.